The fraction of sp³-hybridized carbons (Fsp3) is 0.235. The Morgan fingerprint density at radius 1 is 0.960 bits per heavy atom. The second-order valence-corrected chi connectivity index (χ2v) is 9.19. The molecule has 0 fully saturated rings. The van der Waals surface area contributed by atoms with Gasteiger partial charge >= 0.3 is 0 Å². The smallest absolute Gasteiger partial charge is 0.263 e. The first-order chi connectivity index (χ1) is 11.8. The fourth-order valence-corrected chi connectivity index (χ4v) is 4.16. The lowest BCUT2D eigenvalue weighted by Crippen LogP contribution is -2.14. The molecule has 2 heterocycles. The van der Waals surface area contributed by atoms with Gasteiger partial charge in [-0.3, -0.25) is 9.71 Å². The summed E-state index contributed by atoms with van der Waals surface area (Å²) >= 11 is 1.17. The maximum absolute atomic E-state index is 12.5. The number of anilines is 1. The number of sulfonamides is 1. The van der Waals surface area contributed by atoms with Gasteiger partial charge in [0.05, 0.1) is 4.90 Å². The molecule has 1 N–H and O–H groups in total. The van der Waals surface area contributed by atoms with Crippen molar-refractivity contribution >= 4 is 26.5 Å². The number of nitrogens with one attached hydrogen (secondary N) is 1. The van der Waals surface area contributed by atoms with E-state index < -0.39 is 10.0 Å². The summed E-state index contributed by atoms with van der Waals surface area (Å²) in [5.74, 6) is 0. The van der Waals surface area contributed by atoms with Crippen molar-refractivity contribution in [3.63, 3.8) is 0 Å². The van der Waals surface area contributed by atoms with Crippen LogP contribution in [0.1, 0.15) is 26.3 Å². The number of hydrogen-bond acceptors (Lipinski definition) is 6. The van der Waals surface area contributed by atoms with E-state index in [2.05, 4.69) is 40.7 Å². The highest BCUT2D eigenvalue weighted by Crippen LogP contribution is 2.28. The zero-order valence-corrected chi connectivity index (χ0v) is 15.7. The van der Waals surface area contributed by atoms with E-state index in [1.165, 1.54) is 11.3 Å². The molecule has 0 spiro atoms. The summed E-state index contributed by atoms with van der Waals surface area (Å²) in [6.45, 7) is 6.24. The van der Waals surface area contributed by atoms with E-state index in [9.17, 15) is 8.42 Å². The van der Waals surface area contributed by atoms with Gasteiger partial charge in [0.1, 0.15) is 5.01 Å². The van der Waals surface area contributed by atoms with Gasteiger partial charge in [-0.15, -0.1) is 10.2 Å². The molecule has 0 radical (unpaired) electrons. The number of aromatic nitrogens is 3. The average Bonchev–Trinajstić information content (AvgIpc) is 3.03. The van der Waals surface area contributed by atoms with Crippen molar-refractivity contribution in [3.05, 3.63) is 54.4 Å². The van der Waals surface area contributed by atoms with Crippen LogP contribution in [0.4, 0.5) is 5.13 Å². The van der Waals surface area contributed by atoms with Gasteiger partial charge in [-0.05, 0) is 35.2 Å². The van der Waals surface area contributed by atoms with E-state index in [4.69, 9.17) is 0 Å². The van der Waals surface area contributed by atoms with E-state index >= 15 is 0 Å². The van der Waals surface area contributed by atoms with Gasteiger partial charge in [-0.1, -0.05) is 44.2 Å². The van der Waals surface area contributed by atoms with Crippen molar-refractivity contribution in [1.29, 1.82) is 0 Å². The molecule has 0 aliphatic rings. The molecule has 0 unspecified atom stereocenters. The Kier molecular flexibility index (Phi) is 4.57. The maximum Gasteiger partial charge on any atom is 0.263 e. The van der Waals surface area contributed by atoms with Crippen molar-refractivity contribution in [1.82, 2.24) is 15.2 Å². The summed E-state index contributed by atoms with van der Waals surface area (Å²) in [7, 11) is -3.70. The van der Waals surface area contributed by atoms with Crippen LogP contribution in [0, 0.1) is 0 Å². The third-order valence-corrected chi connectivity index (χ3v) is 5.98. The Labute approximate surface area is 151 Å². The summed E-state index contributed by atoms with van der Waals surface area (Å²) < 4.78 is 27.5. The molecule has 1 aromatic carbocycles. The zero-order valence-electron chi connectivity index (χ0n) is 14.1. The van der Waals surface area contributed by atoms with Crippen LogP contribution in [0.2, 0.25) is 0 Å². The second-order valence-electron chi connectivity index (χ2n) is 6.53. The quantitative estimate of drug-likeness (QED) is 0.753. The van der Waals surface area contributed by atoms with Gasteiger partial charge < -0.3 is 0 Å². The second kappa shape index (κ2) is 6.53. The Hall–Kier alpha value is -2.32. The monoisotopic (exact) mass is 374 g/mol. The van der Waals surface area contributed by atoms with Gasteiger partial charge in [0, 0.05) is 18.0 Å². The highest BCUT2D eigenvalue weighted by atomic mass is 32.2. The zero-order chi connectivity index (χ0) is 18.1. The highest BCUT2D eigenvalue weighted by molar-refractivity contribution is 7.93. The van der Waals surface area contributed by atoms with Crippen molar-refractivity contribution in [2.75, 3.05) is 4.72 Å². The molecule has 130 valence electrons. The van der Waals surface area contributed by atoms with Crippen LogP contribution in [0.3, 0.4) is 0 Å². The summed E-state index contributed by atoms with van der Waals surface area (Å²) in [4.78, 5) is 4.14. The molecule has 2 aromatic heterocycles. The average molecular weight is 374 g/mol. The predicted molar refractivity (Wildman–Crippen MR) is 99.1 cm³/mol. The lowest BCUT2D eigenvalue weighted by Gasteiger charge is -2.19. The molecule has 3 aromatic rings. The van der Waals surface area contributed by atoms with Crippen molar-refractivity contribution in [2.45, 2.75) is 31.1 Å². The molecule has 0 bridgehead atoms. The minimum atomic E-state index is -3.70. The summed E-state index contributed by atoms with van der Waals surface area (Å²) in [6, 6.07) is 10.5. The third kappa shape index (κ3) is 4.02. The van der Waals surface area contributed by atoms with Gasteiger partial charge in [-0.25, -0.2) is 8.42 Å². The molecule has 25 heavy (non-hydrogen) atoms. The molecular weight excluding hydrogens is 356 g/mol. The lowest BCUT2D eigenvalue weighted by molar-refractivity contribution is 0.587. The summed E-state index contributed by atoms with van der Waals surface area (Å²) in [5.41, 5.74) is 1.88. The number of benzene rings is 1. The van der Waals surface area contributed by atoms with E-state index in [1.54, 1.807) is 36.7 Å². The molecule has 0 aliphatic heterocycles. The maximum atomic E-state index is 12.5. The fourth-order valence-electron chi connectivity index (χ4n) is 2.18. The largest absolute Gasteiger partial charge is 0.265 e. The normalized spacial score (nSPS) is 12.1. The molecule has 8 heteroatoms. The number of pyridine rings is 1. The van der Waals surface area contributed by atoms with Crippen LogP contribution in [0.15, 0.2) is 53.7 Å². The van der Waals surface area contributed by atoms with Crippen LogP contribution >= 0.6 is 11.3 Å². The van der Waals surface area contributed by atoms with Crippen LogP contribution in [-0.2, 0) is 15.4 Å². The molecule has 0 aliphatic carbocycles. The van der Waals surface area contributed by atoms with Crippen LogP contribution < -0.4 is 4.72 Å². The molecule has 0 saturated heterocycles. The Balaban J connectivity index is 1.81. The van der Waals surface area contributed by atoms with E-state index in [0.29, 0.717) is 5.01 Å². The first kappa shape index (κ1) is 17.5. The van der Waals surface area contributed by atoms with Crippen LogP contribution in [0.5, 0.6) is 0 Å². The minimum Gasteiger partial charge on any atom is -0.265 e. The first-order valence-electron chi connectivity index (χ1n) is 7.63. The van der Waals surface area contributed by atoms with Gasteiger partial charge in [0.25, 0.3) is 10.0 Å². The van der Waals surface area contributed by atoms with Crippen molar-refractivity contribution in [2.24, 2.45) is 0 Å². The van der Waals surface area contributed by atoms with Crippen molar-refractivity contribution in [3.8, 4) is 10.6 Å². The summed E-state index contributed by atoms with van der Waals surface area (Å²) in [5, 5.41) is 8.80. The number of rotatable bonds is 4. The first-order valence-corrected chi connectivity index (χ1v) is 9.93. The molecule has 0 saturated carbocycles. The Bertz CT molecular complexity index is 960. The molecule has 0 amide bonds. The molecule has 6 nitrogen and oxygen atoms in total. The lowest BCUT2D eigenvalue weighted by atomic mass is 9.87. The highest BCUT2D eigenvalue weighted by Gasteiger charge is 2.19. The van der Waals surface area contributed by atoms with Gasteiger partial charge in [0.2, 0.25) is 5.13 Å². The molecule has 3 rings (SSSR count). The van der Waals surface area contributed by atoms with Crippen molar-refractivity contribution < 1.29 is 8.42 Å². The standard InChI is InChI=1S/C17H18N4O2S2/c1-17(2,3)13-4-6-14(7-5-13)25(22,23)21-16-20-19-15(24-16)12-8-10-18-11-9-12/h4-11H,1-3H3,(H,20,21). The van der Waals surface area contributed by atoms with Crippen LogP contribution in [0.25, 0.3) is 10.6 Å². The third-order valence-electron chi connectivity index (χ3n) is 3.60. The van der Waals surface area contributed by atoms with E-state index in [0.717, 1.165) is 11.1 Å². The molecular formula is C17H18N4O2S2. The van der Waals surface area contributed by atoms with Gasteiger partial charge in [-0.2, -0.15) is 0 Å². The summed E-state index contributed by atoms with van der Waals surface area (Å²) in [6.07, 6.45) is 3.30. The number of nitrogens with zero attached hydrogens (tertiary/aromatic N) is 3. The minimum absolute atomic E-state index is 0.0333. The topological polar surface area (TPSA) is 84.8 Å². The Morgan fingerprint density at radius 3 is 2.20 bits per heavy atom. The SMILES string of the molecule is CC(C)(C)c1ccc(S(=O)(=O)Nc2nnc(-c3ccncc3)s2)cc1. The van der Waals surface area contributed by atoms with Gasteiger partial charge in [0.15, 0.2) is 0 Å². The number of hydrogen-bond donors (Lipinski definition) is 1. The van der Waals surface area contributed by atoms with E-state index in [1.807, 2.05) is 12.1 Å². The molecule has 0 atom stereocenters. The Morgan fingerprint density at radius 2 is 1.60 bits per heavy atom. The predicted octanol–water partition coefficient (Wildman–Crippen LogP) is 3.70. The van der Waals surface area contributed by atoms with Crippen LogP contribution in [-0.4, -0.2) is 23.6 Å². The van der Waals surface area contributed by atoms with E-state index in [-0.39, 0.29) is 15.4 Å².